The molecule has 0 saturated carbocycles. The van der Waals surface area contributed by atoms with Crippen LogP contribution in [0.2, 0.25) is 0 Å². The van der Waals surface area contributed by atoms with E-state index in [-0.39, 0.29) is 0 Å². The summed E-state index contributed by atoms with van der Waals surface area (Å²) in [5, 5.41) is 4.57. The molecule has 0 aliphatic carbocycles. The Hall–Kier alpha value is -0.840. The van der Waals surface area contributed by atoms with Crippen molar-refractivity contribution in [1.29, 1.82) is 0 Å². The molecule has 2 aromatic rings. The van der Waals surface area contributed by atoms with E-state index in [0.717, 1.165) is 24.5 Å². The van der Waals surface area contributed by atoms with Gasteiger partial charge in [0.15, 0.2) is 0 Å². The Morgan fingerprint density at radius 3 is 2.52 bits per heavy atom. The molecule has 0 amide bonds. The van der Waals surface area contributed by atoms with Gasteiger partial charge in [-0.15, -0.1) is 23.1 Å². The van der Waals surface area contributed by atoms with Gasteiger partial charge in [0.1, 0.15) is 5.01 Å². The largest absolute Gasteiger partial charge is 0.312 e. The van der Waals surface area contributed by atoms with Gasteiger partial charge in [-0.05, 0) is 37.3 Å². The lowest BCUT2D eigenvalue weighted by Crippen LogP contribution is -2.12. The van der Waals surface area contributed by atoms with Crippen molar-refractivity contribution in [2.75, 3.05) is 12.8 Å². The van der Waals surface area contributed by atoms with Gasteiger partial charge >= 0.3 is 0 Å². The summed E-state index contributed by atoms with van der Waals surface area (Å²) < 4.78 is 0. The van der Waals surface area contributed by atoms with Crippen molar-refractivity contribution >= 4 is 23.1 Å². The molecule has 0 atom stereocenters. The zero-order chi connectivity index (χ0) is 15.2. The van der Waals surface area contributed by atoms with Crippen LogP contribution < -0.4 is 5.32 Å². The second-order valence-electron chi connectivity index (χ2n) is 5.50. The van der Waals surface area contributed by atoms with Gasteiger partial charge in [0.2, 0.25) is 0 Å². The van der Waals surface area contributed by atoms with Crippen LogP contribution in [0.25, 0.3) is 10.6 Å². The maximum atomic E-state index is 4.90. The van der Waals surface area contributed by atoms with E-state index in [9.17, 15) is 0 Å². The highest BCUT2D eigenvalue weighted by atomic mass is 32.2. The van der Waals surface area contributed by atoms with Crippen LogP contribution in [0.4, 0.5) is 0 Å². The molecule has 1 N–H and O–H groups in total. The SMILES string of the molecule is CCNCc1sc(-c2ccc(SC)cc2)nc1CC(C)C. The lowest BCUT2D eigenvalue weighted by Gasteiger charge is -2.04. The van der Waals surface area contributed by atoms with Crippen molar-refractivity contribution in [2.24, 2.45) is 5.92 Å². The third kappa shape index (κ3) is 4.56. The van der Waals surface area contributed by atoms with Crippen molar-refractivity contribution < 1.29 is 0 Å². The topological polar surface area (TPSA) is 24.9 Å². The highest BCUT2D eigenvalue weighted by Gasteiger charge is 2.13. The summed E-state index contributed by atoms with van der Waals surface area (Å²) in [5.74, 6) is 0.638. The smallest absolute Gasteiger partial charge is 0.123 e. The Bertz CT molecular complexity index is 559. The summed E-state index contributed by atoms with van der Waals surface area (Å²) in [7, 11) is 0. The Kier molecular flexibility index (Phi) is 6.27. The minimum absolute atomic E-state index is 0.638. The molecule has 0 fully saturated rings. The summed E-state index contributed by atoms with van der Waals surface area (Å²) in [6, 6.07) is 8.71. The summed E-state index contributed by atoms with van der Waals surface area (Å²) in [4.78, 5) is 7.58. The van der Waals surface area contributed by atoms with E-state index in [4.69, 9.17) is 4.98 Å². The number of hydrogen-bond acceptors (Lipinski definition) is 4. The van der Waals surface area contributed by atoms with Crippen molar-refractivity contribution in [3.05, 3.63) is 34.8 Å². The van der Waals surface area contributed by atoms with Gasteiger partial charge in [-0.2, -0.15) is 0 Å². The fourth-order valence-corrected chi connectivity index (χ4v) is 3.64. The second kappa shape index (κ2) is 7.97. The molecule has 4 heteroatoms. The molecule has 0 bridgehead atoms. The molecule has 1 aromatic carbocycles. The summed E-state index contributed by atoms with van der Waals surface area (Å²) in [6.45, 7) is 8.58. The van der Waals surface area contributed by atoms with Crippen LogP contribution in [-0.4, -0.2) is 17.8 Å². The number of nitrogens with one attached hydrogen (secondary N) is 1. The predicted octanol–water partition coefficient (Wildman–Crippen LogP) is 4.84. The molecule has 1 heterocycles. The van der Waals surface area contributed by atoms with Gasteiger partial charge in [0.05, 0.1) is 5.69 Å². The number of thioether (sulfide) groups is 1. The van der Waals surface area contributed by atoms with Gasteiger partial charge in [0.25, 0.3) is 0 Å². The standard InChI is InChI=1S/C17H24N2S2/c1-5-18-11-16-15(10-12(2)3)19-17(21-16)13-6-8-14(20-4)9-7-13/h6-9,12,18H,5,10-11H2,1-4H3. The Balaban J connectivity index is 2.27. The molecule has 114 valence electrons. The number of rotatable bonds is 7. The lowest BCUT2D eigenvalue weighted by molar-refractivity contribution is 0.628. The third-order valence-corrected chi connectivity index (χ3v) is 5.14. The highest BCUT2D eigenvalue weighted by Crippen LogP contribution is 2.30. The van der Waals surface area contributed by atoms with E-state index in [1.54, 1.807) is 11.8 Å². The molecular formula is C17H24N2S2. The van der Waals surface area contributed by atoms with E-state index in [1.807, 2.05) is 11.3 Å². The Labute approximate surface area is 136 Å². The lowest BCUT2D eigenvalue weighted by atomic mass is 10.1. The zero-order valence-corrected chi connectivity index (χ0v) is 14.9. The third-order valence-electron chi connectivity index (χ3n) is 3.25. The van der Waals surface area contributed by atoms with Crippen LogP contribution in [0.1, 0.15) is 31.3 Å². The molecule has 1 aromatic heterocycles. The molecule has 0 spiro atoms. The normalized spacial score (nSPS) is 11.3. The van der Waals surface area contributed by atoms with Gasteiger partial charge in [-0.1, -0.05) is 32.9 Å². The quantitative estimate of drug-likeness (QED) is 0.739. The van der Waals surface area contributed by atoms with E-state index >= 15 is 0 Å². The van der Waals surface area contributed by atoms with E-state index in [2.05, 4.69) is 56.6 Å². The monoisotopic (exact) mass is 320 g/mol. The van der Waals surface area contributed by atoms with Gasteiger partial charge < -0.3 is 5.32 Å². The van der Waals surface area contributed by atoms with Crippen LogP contribution in [0, 0.1) is 5.92 Å². The van der Waals surface area contributed by atoms with Crippen LogP contribution >= 0.6 is 23.1 Å². The molecule has 0 radical (unpaired) electrons. The average molecular weight is 321 g/mol. The first-order valence-corrected chi connectivity index (χ1v) is 9.51. The molecule has 21 heavy (non-hydrogen) atoms. The number of hydrogen-bond donors (Lipinski definition) is 1. The minimum Gasteiger partial charge on any atom is -0.312 e. The average Bonchev–Trinajstić information content (AvgIpc) is 2.87. The molecule has 2 rings (SSSR count). The van der Waals surface area contributed by atoms with Crippen LogP contribution in [0.3, 0.4) is 0 Å². The summed E-state index contributed by atoms with van der Waals surface area (Å²) >= 11 is 3.60. The number of thiazole rings is 1. The Morgan fingerprint density at radius 1 is 1.24 bits per heavy atom. The maximum Gasteiger partial charge on any atom is 0.123 e. The fraction of sp³-hybridized carbons (Fsp3) is 0.471. The fourth-order valence-electron chi connectivity index (χ4n) is 2.16. The van der Waals surface area contributed by atoms with E-state index in [0.29, 0.717) is 5.92 Å². The first-order chi connectivity index (χ1) is 10.1. The molecule has 0 saturated heterocycles. The van der Waals surface area contributed by atoms with Crippen molar-refractivity contribution in [3.8, 4) is 10.6 Å². The van der Waals surface area contributed by atoms with Crippen LogP contribution in [-0.2, 0) is 13.0 Å². The summed E-state index contributed by atoms with van der Waals surface area (Å²) in [5.41, 5.74) is 2.49. The molecule has 0 aliphatic heterocycles. The summed E-state index contributed by atoms with van der Waals surface area (Å²) in [6.07, 6.45) is 3.16. The van der Waals surface area contributed by atoms with Gasteiger partial charge in [-0.3, -0.25) is 0 Å². The Morgan fingerprint density at radius 2 is 1.95 bits per heavy atom. The van der Waals surface area contributed by atoms with Crippen LogP contribution in [0.5, 0.6) is 0 Å². The van der Waals surface area contributed by atoms with E-state index in [1.165, 1.54) is 21.0 Å². The van der Waals surface area contributed by atoms with Crippen LogP contribution in [0.15, 0.2) is 29.2 Å². The van der Waals surface area contributed by atoms with Crippen molar-refractivity contribution in [2.45, 2.75) is 38.6 Å². The second-order valence-corrected chi connectivity index (χ2v) is 7.46. The maximum absolute atomic E-state index is 4.90. The number of benzene rings is 1. The first kappa shape index (κ1) is 16.5. The van der Waals surface area contributed by atoms with Crippen molar-refractivity contribution in [1.82, 2.24) is 10.3 Å². The van der Waals surface area contributed by atoms with Crippen molar-refractivity contribution in [3.63, 3.8) is 0 Å². The zero-order valence-electron chi connectivity index (χ0n) is 13.3. The predicted molar refractivity (Wildman–Crippen MR) is 95.3 cm³/mol. The van der Waals surface area contributed by atoms with Gasteiger partial charge in [0, 0.05) is 21.9 Å². The highest BCUT2D eigenvalue weighted by molar-refractivity contribution is 7.98. The number of aromatic nitrogens is 1. The van der Waals surface area contributed by atoms with E-state index < -0.39 is 0 Å². The molecular weight excluding hydrogens is 296 g/mol. The molecule has 2 nitrogen and oxygen atoms in total. The minimum atomic E-state index is 0.638. The number of nitrogens with zero attached hydrogens (tertiary/aromatic N) is 1. The molecule has 0 aliphatic rings. The molecule has 0 unspecified atom stereocenters. The van der Waals surface area contributed by atoms with Gasteiger partial charge in [-0.25, -0.2) is 4.98 Å². The first-order valence-electron chi connectivity index (χ1n) is 7.47.